The third-order valence-corrected chi connectivity index (χ3v) is 6.82. The lowest BCUT2D eigenvalue weighted by Gasteiger charge is -2.38. The van der Waals surface area contributed by atoms with Gasteiger partial charge in [0.1, 0.15) is 18.1 Å². The number of diazo groups is 1. The summed E-state index contributed by atoms with van der Waals surface area (Å²) in [6.45, 7) is 10.4. The van der Waals surface area contributed by atoms with Gasteiger partial charge in [-0.2, -0.15) is 0 Å². The summed E-state index contributed by atoms with van der Waals surface area (Å²) in [5.74, 6) is 1.45. The van der Waals surface area contributed by atoms with E-state index in [1.807, 2.05) is 36.4 Å². The molecule has 0 radical (unpaired) electrons. The van der Waals surface area contributed by atoms with Gasteiger partial charge in [-0.3, -0.25) is 9.69 Å². The number of allylic oxidation sites excluding steroid dienone is 4. The van der Waals surface area contributed by atoms with Gasteiger partial charge >= 0.3 is 5.70 Å². The molecule has 4 atom stereocenters. The maximum atomic E-state index is 12.7. The first-order valence-corrected chi connectivity index (χ1v) is 12.7. The van der Waals surface area contributed by atoms with E-state index in [0.29, 0.717) is 12.6 Å². The molecule has 0 saturated carbocycles. The minimum atomic E-state index is -0.252. The van der Waals surface area contributed by atoms with Gasteiger partial charge in [0.05, 0.1) is 13.0 Å². The van der Waals surface area contributed by atoms with Gasteiger partial charge in [0.2, 0.25) is 5.39 Å². The third-order valence-electron chi connectivity index (χ3n) is 6.82. The van der Waals surface area contributed by atoms with Crippen molar-refractivity contribution >= 4 is 5.78 Å². The van der Waals surface area contributed by atoms with Crippen LogP contribution in [0.5, 0.6) is 11.5 Å². The Bertz CT molecular complexity index is 857. The fourth-order valence-corrected chi connectivity index (χ4v) is 4.72. The highest BCUT2D eigenvalue weighted by Gasteiger charge is 2.36. The van der Waals surface area contributed by atoms with Gasteiger partial charge in [-0.25, -0.2) is 0 Å². The van der Waals surface area contributed by atoms with Crippen LogP contribution in [0, 0.1) is 17.2 Å². The molecule has 0 aliphatic heterocycles. The second kappa shape index (κ2) is 14.6. The number of carbonyl (C=O) groups is 1. The number of carbonyl (C=O) groups excluding carboxylic acids is 1. The first-order chi connectivity index (χ1) is 16.4. The van der Waals surface area contributed by atoms with Crippen molar-refractivity contribution in [2.24, 2.45) is 11.8 Å². The smallest absolute Gasteiger partial charge is 0.427 e. The average molecular weight is 469 g/mol. The standard InChI is InChI=1S/C28H42N3O3/c1-6-8-9-10-18-31(22(4)20-34-25-16-14-24(33-5)15-17-25)23(7-2)19-21(3)26-12-11-13-27(30-29)28(26)32/h11-17,21-23,26H,6-10,18-20H2,1-5H3/q+1. The first kappa shape index (κ1) is 27.6. The number of Topliss-reactive ketones (excluding diaryl/α,β-unsaturated/α-hetero) is 1. The highest BCUT2D eigenvalue weighted by molar-refractivity contribution is 6.01. The lowest BCUT2D eigenvalue weighted by molar-refractivity contribution is -0.119. The van der Waals surface area contributed by atoms with E-state index in [2.05, 4.69) is 37.6 Å². The number of ether oxygens (including phenoxy) is 2. The highest BCUT2D eigenvalue weighted by Crippen LogP contribution is 2.29. The molecule has 1 aromatic rings. The summed E-state index contributed by atoms with van der Waals surface area (Å²) in [6.07, 6.45) is 12.1. The molecular weight excluding hydrogens is 426 g/mol. The molecule has 0 heterocycles. The van der Waals surface area contributed by atoms with Crippen LogP contribution in [0.1, 0.15) is 66.2 Å². The van der Waals surface area contributed by atoms with Gasteiger partial charge in [-0.05, 0) is 62.9 Å². The normalized spacial score (nSPS) is 18.2. The van der Waals surface area contributed by atoms with Gasteiger partial charge < -0.3 is 9.47 Å². The lowest BCUT2D eigenvalue weighted by Crippen LogP contribution is -2.46. The maximum absolute atomic E-state index is 12.7. The highest BCUT2D eigenvalue weighted by atomic mass is 16.5. The molecule has 0 bridgehead atoms. The monoisotopic (exact) mass is 468 g/mol. The van der Waals surface area contributed by atoms with Gasteiger partial charge in [-0.1, -0.05) is 52.2 Å². The van der Waals surface area contributed by atoms with E-state index in [1.165, 1.54) is 19.3 Å². The number of ketones is 1. The first-order valence-electron chi connectivity index (χ1n) is 12.7. The van der Waals surface area contributed by atoms with Crippen LogP contribution in [0.3, 0.4) is 0 Å². The number of benzene rings is 1. The minimum Gasteiger partial charge on any atom is -0.497 e. The molecule has 1 aliphatic rings. The fraction of sp³-hybridized carbons (Fsp3) is 0.607. The van der Waals surface area contributed by atoms with Crippen molar-refractivity contribution in [3.05, 3.63) is 53.2 Å². The van der Waals surface area contributed by atoms with Gasteiger partial charge in [0.15, 0.2) is 4.98 Å². The zero-order valence-electron chi connectivity index (χ0n) is 21.6. The number of hydrogen-bond donors (Lipinski definition) is 0. The number of nitrogens with zero attached hydrogens (tertiary/aromatic N) is 3. The number of rotatable bonds is 15. The number of methoxy groups -OCH3 is 1. The molecule has 2 rings (SSSR count). The quantitative estimate of drug-likeness (QED) is 0.213. The Morgan fingerprint density at radius 3 is 2.41 bits per heavy atom. The van der Waals surface area contributed by atoms with E-state index in [4.69, 9.17) is 14.9 Å². The summed E-state index contributed by atoms with van der Waals surface area (Å²) in [5.41, 5.74) is 0.144. The predicted octanol–water partition coefficient (Wildman–Crippen LogP) is 6.64. The zero-order valence-corrected chi connectivity index (χ0v) is 21.6. The summed E-state index contributed by atoms with van der Waals surface area (Å²) in [7, 11) is 1.66. The van der Waals surface area contributed by atoms with Crippen molar-refractivity contribution in [3.63, 3.8) is 0 Å². The van der Waals surface area contributed by atoms with Crippen LogP contribution in [0.2, 0.25) is 0 Å². The van der Waals surface area contributed by atoms with Crippen molar-refractivity contribution < 1.29 is 14.3 Å². The van der Waals surface area contributed by atoms with Crippen molar-refractivity contribution in [3.8, 4) is 11.5 Å². The Labute approximate surface area is 205 Å². The van der Waals surface area contributed by atoms with Crippen LogP contribution >= 0.6 is 0 Å². The second-order valence-electron chi connectivity index (χ2n) is 9.34. The Balaban J connectivity index is 2.07. The summed E-state index contributed by atoms with van der Waals surface area (Å²) < 4.78 is 11.4. The molecule has 1 aromatic carbocycles. The molecule has 6 heteroatoms. The number of hydrogen-bond acceptors (Lipinski definition) is 5. The molecule has 34 heavy (non-hydrogen) atoms. The Hall–Kier alpha value is -2.65. The molecule has 6 nitrogen and oxygen atoms in total. The Kier molecular flexibility index (Phi) is 11.8. The molecule has 0 aromatic heterocycles. The van der Waals surface area contributed by atoms with Gasteiger partial charge in [0, 0.05) is 18.2 Å². The maximum Gasteiger partial charge on any atom is 0.427 e. The Morgan fingerprint density at radius 1 is 1.09 bits per heavy atom. The topological polar surface area (TPSA) is 66.9 Å². The Morgan fingerprint density at radius 2 is 1.79 bits per heavy atom. The van der Waals surface area contributed by atoms with Crippen molar-refractivity contribution in [2.75, 3.05) is 20.3 Å². The number of unbranched alkanes of at least 4 members (excludes halogenated alkanes) is 3. The SMILES string of the molecule is CCCCCCN(C(C)COc1ccc(OC)cc1)C(CC)CC(C)C1C=CC=C([N+]#N)C1=O. The molecule has 0 spiro atoms. The van der Waals surface area contributed by atoms with E-state index in [0.717, 1.165) is 37.3 Å². The van der Waals surface area contributed by atoms with E-state index in [9.17, 15) is 4.79 Å². The zero-order chi connectivity index (χ0) is 24.9. The molecular formula is C28H42N3O3+. The molecule has 186 valence electrons. The minimum absolute atomic E-state index is 0.0993. The van der Waals surface area contributed by atoms with Crippen molar-refractivity contribution in [1.82, 2.24) is 4.90 Å². The van der Waals surface area contributed by atoms with Crippen molar-refractivity contribution in [2.45, 2.75) is 78.3 Å². The van der Waals surface area contributed by atoms with Crippen LogP contribution in [0.25, 0.3) is 4.98 Å². The third kappa shape index (κ3) is 7.99. The molecule has 0 fully saturated rings. The van der Waals surface area contributed by atoms with Gasteiger partial charge in [-0.15, -0.1) is 0 Å². The van der Waals surface area contributed by atoms with Gasteiger partial charge in [0.25, 0.3) is 5.78 Å². The summed E-state index contributed by atoms with van der Waals surface area (Å²) in [5, 5.41) is 9.15. The second-order valence-corrected chi connectivity index (χ2v) is 9.34. The largest absolute Gasteiger partial charge is 0.497 e. The summed E-state index contributed by atoms with van der Waals surface area (Å²) in [6, 6.07) is 8.28. The van der Waals surface area contributed by atoms with E-state index < -0.39 is 0 Å². The van der Waals surface area contributed by atoms with Crippen LogP contribution in [0.4, 0.5) is 0 Å². The van der Waals surface area contributed by atoms with Crippen LogP contribution < -0.4 is 9.47 Å². The van der Waals surface area contributed by atoms with E-state index in [-0.39, 0.29) is 29.4 Å². The lowest BCUT2D eigenvalue weighted by atomic mass is 9.81. The predicted molar refractivity (Wildman–Crippen MR) is 137 cm³/mol. The summed E-state index contributed by atoms with van der Waals surface area (Å²) >= 11 is 0. The van der Waals surface area contributed by atoms with Crippen LogP contribution in [0.15, 0.2) is 48.2 Å². The molecule has 0 saturated heterocycles. The van der Waals surface area contributed by atoms with Crippen molar-refractivity contribution in [1.29, 1.82) is 5.39 Å². The van der Waals surface area contributed by atoms with Crippen LogP contribution in [-0.2, 0) is 4.79 Å². The summed E-state index contributed by atoms with van der Waals surface area (Å²) in [4.78, 5) is 18.4. The molecule has 0 N–H and O–H groups in total. The molecule has 4 unspecified atom stereocenters. The van der Waals surface area contributed by atoms with E-state index >= 15 is 0 Å². The van der Waals surface area contributed by atoms with Crippen LogP contribution in [-0.4, -0.2) is 43.0 Å². The molecule has 1 aliphatic carbocycles. The molecule has 0 amide bonds. The average Bonchev–Trinajstić information content (AvgIpc) is 2.86. The van der Waals surface area contributed by atoms with E-state index in [1.54, 1.807) is 13.2 Å². The fourth-order valence-electron chi connectivity index (χ4n) is 4.72.